The highest BCUT2D eigenvalue weighted by Crippen LogP contribution is 2.33. The molecule has 17 heavy (non-hydrogen) atoms. The lowest BCUT2D eigenvalue weighted by atomic mass is 10.2. The van der Waals surface area contributed by atoms with Gasteiger partial charge in [-0.05, 0) is 25.0 Å². The summed E-state index contributed by atoms with van der Waals surface area (Å²) < 4.78 is 22.3. The summed E-state index contributed by atoms with van der Waals surface area (Å²) in [5.41, 5.74) is 5.40. The first-order chi connectivity index (χ1) is 7.81. The van der Waals surface area contributed by atoms with Gasteiger partial charge >= 0.3 is 0 Å². The predicted octanol–water partition coefficient (Wildman–Crippen LogP) is -0.0851. The van der Waals surface area contributed by atoms with Crippen molar-refractivity contribution in [1.82, 2.24) is 4.98 Å². The second-order valence-corrected chi connectivity index (χ2v) is 6.23. The van der Waals surface area contributed by atoms with Gasteiger partial charge in [0.25, 0.3) is 0 Å². The van der Waals surface area contributed by atoms with Gasteiger partial charge in [0.2, 0.25) is 5.91 Å². The zero-order chi connectivity index (χ0) is 12.7. The Balaban J connectivity index is 2.11. The van der Waals surface area contributed by atoms with Crippen molar-refractivity contribution < 1.29 is 13.2 Å². The predicted molar refractivity (Wildman–Crippen MR) is 62.1 cm³/mol. The van der Waals surface area contributed by atoms with Crippen molar-refractivity contribution >= 4 is 21.4 Å². The Morgan fingerprint density at radius 1 is 1.47 bits per heavy atom. The van der Waals surface area contributed by atoms with Crippen LogP contribution in [0.25, 0.3) is 0 Å². The third kappa shape index (κ3) is 2.62. The van der Waals surface area contributed by atoms with Crippen molar-refractivity contribution in [2.45, 2.75) is 23.4 Å². The lowest BCUT2D eigenvalue weighted by Gasteiger charge is -2.09. The van der Waals surface area contributed by atoms with Crippen molar-refractivity contribution in [3.8, 4) is 0 Å². The van der Waals surface area contributed by atoms with E-state index < -0.39 is 15.4 Å². The van der Waals surface area contributed by atoms with Crippen molar-refractivity contribution in [2.75, 3.05) is 11.6 Å². The number of amides is 1. The third-order valence-electron chi connectivity index (χ3n) is 2.61. The molecule has 0 spiro atoms. The van der Waals surface area contributed by atoms with Gasteiger partial charge in [-0.3, -0.25) is 4.79 Å². The molecular weight excluding hydrogens is 242 g/mol. The van der Waals surface area contributed by atoms with Gasteiger partial charge in [0.05, 0.1) is 17.4 Å². The van der Waals surface area contributed by atoms with E-state index in [0.717, 1.165) is 6.26 Å². The van der Waals surface area contributed by atoms with Crippen LogP contribution in [-0.2, 0) is 14.6 Å². The fourth-order valence-corrected chi connectivity index (χ4v) is 1.85. The van der Waals surface area contributed by atoms with E-state index in [4.69, 9.17) is 5.73 Å². The number of anilines is 1. The van der Waals surface area contributed by atoms with E-state index in [-0.39, 0.29) is 10.9 Å². The second kappa shape index (κ2) is 3.78. The molecule has 6 nitrogen and oxygen atoms in total. The molecule has 1 amide bonds. The lowest BCUT2D eigenvalue weighted by molar-refractivity contribution is -0.118. The average Bonchev–Trinajstić information content (AvgIpc) is 2.97. The molecule has 0 aliphatic heterocycles. The van der Waals surface area contributed by atoms with Gasteiger partial charge in [-0.25, -0.2) is 13.4 Å². The maximum atomic E-state index is 11.6. The molecule has 0 atom stereocenters. The molecule has 0 unspecified atom stereocenters. The van der Waals surface area contributed by atoms with Gasteiger partial charge < -0.3 is 11.1 Å². The Bertz CT molecular complexity index is 547. The minimum atomic E-state index is -3.31. The number of carbonyl (C=O) groups is 1. The van der Waals surface area contributed by atoms with Gasteiger partial charge in [0.15, 0.2) is 14.9 Å². The minimum Gasteiger partial charge on any atom is -0.323 e. The number of carbonyl (C=O) groups excluding carboxylic acids is 1. The van der Waals surface area contributed by atoms with Crippen LogP contribution < -0.4 is 11.1 Å². The van der Waals surface area contributed by atoms with Gasteiger partial charge in [0, 0.05) is 6.26 Å². The number of nitrogens with zero attached hydrogens (tertiary/aromatic N) is 1. The standard InChI is InChI=1S/C10H13N3O3S/c1-17(15,16)8-3-2-7(6-12-8)13-9(14)10(11)4-5-10/h2-3,6H,4-5,11H2,1H3,(H,13,14). The quantitative estimate of drug-likeness (QED) is 0.786. The van der Waals surface area contributed by atoms with E-state index in [9.17, 15) is 13.2 Å². The summed E-state index contributed by atoms with van der Waals surface area (Å²) in [7, 11) is -3.31. The molecular formula is C10H13N3O3S. The number of hydrogen-bond donors (Lipinski definition) is 2. The first kappa shape index (κ1) is 12.0. The van der Waals surface area contributed by atoms with E-state index in [2.05, 4.69) is 10.3 Å². The number of sulfone groups is 1. The molecule has 1 aromatic heterocycles. The summed E-state index contributed by atoms with van der Waals surface area (Å²) in [4.78, 5) is 15.4. The SMILES string of the molecule is CS(=O)(=O)c1ccc(NC(=O)C2(N)CC2)cn1. The molecule has 0 aromatic carbocycles. The van der Waals surface area contributed by atoms with Gasteiger partial charge in [-0.15, -0.1) is 0 Å². The molecule has 1 aliphatic rings. The summed E-state index contributed by atoms with van der Waals surface area (Å²) in [6.45, 7) is 0. The van der Waals surface area contributed by atoms with E-state index in [1.54, 1.807) is 0 Å². The highest BCUT2D eigenvalue weighted by molar-refractivity contribution is 7.90. The maximum absolute atomic E-state index is 11.6. The molecule has 1 saturated carbocycles. The summed E-state index contributed by atoms with van der Waals surface area (Å²) in [5, 5.41) is 2.58. The Morgan fingerprint density at radius 3 is 2.53 bits per heavy atom. The lowest BCUT2D eigenvalue weighted by Crippen LogP contribution is -2.37. The van der Waals surface area contributed by atoms with Crippen LogP contribution in [-0.4, -0.2) is 31.1 Å². The first-order valence-corrected chi connectivity index (χ1v) is 6.97. The average molecular weight is 255 g/mol. The second-order valence-electron chi connectivity index (χ2n) is 4.27. The number of hydrogen-bond acceptors (Lipinski definition) is 5. The number of rotatable bonds is 3. The smallest absolute Gasteiger partial charge is 0.244 e. The van der Waals surface area contributed by atoms with Crippen molar-refractivity contribution in [3.05, 3.63) is 18.3 Å². The molecule has 3 N–H and O–H groups in total. The zero-order valence-corrected chi connectivity index (χ0v) is 10.1. The molecule has 2 rings (SSSR count). The van der Waals surface area contributed by atoms with Gasteiger partial charge in [-0.2, -0.15) is 0 Å². The monoisotopic (exact) mass is 255 g/mol. The van der Waals surface area contributed by atoms with E-state index >= 15 is 0 Å². The van der Waals surface area contributed by atoms with Crippen LogP contribution >= 0.6 is 0 Å². The molecule has 0 saturated heterocycles. The zero-order valence-electron chi connectivity index (χ0n) is 9.30. The van der Waals surface area contributed by atoms with Gasteiger partial charge in [-0.1, -0.05) is 0 Å². The third-order valence-corrected chi connectivity index (χ3v) is 3.62. The molecule has 92 valence electrons. The molecule has 1 fully saturated rings. The summed E-state index contributed by atoms with van der Waals surface area (Å²) >= 11 is 0. The van der Waals surface area contributed by atoms with Crippen molar-refractivity contribution in [2.24, 2.45) is 5.73 Å². The fraction of sp³-hybridized carbons (Fsp3) is 0.400. The van der Waals surface area contributed by atoms with Crippen molar-refractivity contribution in [3.63, 3.8) is 0 Å². The van der Waals surface area contributed by atoms with Crippen LogP contribution in [0.5, 0.6) is 0 Å². The molecule has 0 radical (unpaired) electrons. The van der Waals surface area contributed by atoms with E-state index in [1.807, 2.05) is 0 Å². The normalized spacial score (nSPS) is 17.5. The van der Waals surface area contributed by atoms with Gasteiger partial charge in [0.1, 0.15) is 0 Å². The number of nitrogens with two attached hydrogens (primary N) is 1. The topological polar surface area (TPSA) is 102 Å². The van der Waals surface area contributed by atoms with Crippen LogP contribution in [0.1, 0.15) is 12.8 Å². The fourth-order valence-electron chi connectivity index (χ4n) is 1.29. The molecule has 7 heteroatoms. The highest BCUT2D eigenvalue weighted by atomic mass is 32.2. The Labute approximate surface area is 99.1 Å². The van der Waals surface area contributed by atoms with Crippen LogP contribution in [0.2, 0.25) is 0 Å². The molecule has 1 aliphatic carbocycles. The summed E-state index contributed by atoms with van der Waals surface area (Å²) in [6.07, 6.45) is 3.73. The minimum absolute atomic E-state index is 0.0237. The van der Waals surface area contributed by atoms with Crippen LogP contribution in [0.4, 0.5) is 5.69 Å². The first-order valence-electron chi connectivity index (χ1n) is 5.08. The Kier molecular flexibility index (Phi) is 2.67. The Morgan fingerprint density at radius 2 is 2.12 bits per heavy atom. The molecule has 1 aromatic rings. The highest BCUT2D eigenvalue weighted by Gasteiger charge is 2.45. The largest absolute Gasteiger partial charge is 0.323 e. The van der Waals surface area contributed by atoms with Crippen molar-refractivity contribution in [1.29, 1.82) is 0 Å². The number of nitrogens with one attached hydrogen (secondary N) is 1. The van der Waals surface area contributed by atoms with Crippen LogP contribution in [0.3, 0.4) is 0 Å². The van der Waals surface area contributed by atoms with E-state index in [0.29, 0.717) is 18.5 Å². The maximum Gasteiger partial charge on any atom is 0.244 e. The summed E-state index contributed by atoms with van der Waals surface area (Å²) in [6, 6.07) is 2.84. The number of aromatic nitrogens is 1. The molecule has 0 bridgehead atoms. The Hall–Kier alpha value is -1.47. The number of pyridine rings is 1. The molecule has 1 heterocycles. The summed E-state index contributed by atoms with van der Waals surface area (Å²) in [5.74, 6) is -0.258. The van der Waals surface area contributed by atoms with E-state index in [1.165, 1.54) is 18.3 Å². The van der Waals surface area contributed by atoms with Crippen LogP contribution in [0.15, 0.2) is 23.4 Å². The van der Waals surface area contributed by atoms with Crippen LogP contribution in [0, 0.1) is 0 Å².